The summed E-state index contributed by atoms with van der Waals surface area (Å²) in [6, 6.07) is 4.03. The first kappa shape index (κ1) is 15.5. The Hall–Kier alpha value is 0.1000. The first-order valence-corrected chi connectivity index (χ1v) is 8.73. The Morgan fingerprint density at radius 1 is 1.42 bits per heavy atom. The zero-order valence-electron chi connectivity index (χ0n) is 11.7. The number of nitrogens with two attached hydrogens (primary N) is 1. The molecular formula is C15H24BrNOS. The van der Waals surface area contributed by atoms with Crippen LogP contribution in [0.25, 0.3) is 0 Å². The minimum absolute atomic E-state index is 0.115. The third-order valence-electron chi connectivity index (χ3n) is 4.82. The molecule has 2 rings (SSSR count). The first-order valence-electron chi connectivity index (χ1n) is 7.12. The quantitative estimate of drug-likeness (QED) is 0.852. The molecule has 0 bridgehead atoms. The second-order valence-corrected chi connectivity index (χ2v) is 8.69. The molecule has 0 spiro atoms. The molecule has 1 aromatic rings. The molecule has 0 radical (unpaired) electrons. The average Bonchev–Trinajstić information content (AvgIpc) is 2.84. The van der Waals surface area contributed by atoms with Gasteiger partial charge in [-0.05, 0) is 65.6 Å². The van der Waals surface area contributed by atoms with Crippen molar-refractivity contribution >= 4 is 27.3 Å². The Labute approximate surface area is 128 Å². The molecule has 1 fully saturated rings. The maximum atomic E-state index is 10.7. The number of thiophene rings is 1. The van der Waals surface area contributed by atoms with Gasteiger partial charge in [-0.2, -0.15) is 0 Å². The van der Waals surface area contributed by atoms with Gasteiger partial charge in [0.2, 0.25) is 0 Å². The molecule has 0 amide bonds. The van der Waals surface area contributed by atoms with Gasteiger partial charge in [-0.15, -0.1) is 11.3 Å². The van der Waals surface area contributed by atoms with Gasteiger partial charge in [-0.25, -0.2) is 0 Å². The van der Waals surface area contributed by atoms with Crippen molar-refractivity contribution in [2.75, 3.05) is 6.54 Å². The standard InChI is InChI=1S/C15H24BrNOS/c1-10(2)11-5-7-15(9-17,8-6-11)14(18)12-3-4-13(16)19-12/h3-4,10-11,14,18H,5-9,17H2,1-2H3. The largest absolute Gasteiger partial charge is 0.387 e. The summed E-state index contributed by atoms with van der Waals surface area (Å²) in [6.45, 7) is 5.17. The van der Waals surface area contributed by atoms with Gasteiger partial charge in [-0.1, -0.05) is 13.8 Å². The molecule has 1 aromatic heterocycles. The van der Waals surface area contributed by atoms with Gasteiger partial charge in [-0.3, -0.25) is 0 Å². The Balaban J connectivity index is 2.11. The molecule has 1 aliphatic rings. The molecule has 1 heterocycles. The van der Waals surface area contributed by atoms with Gasteiger partial charge < -0.3 is 10.8 Å². The Kier molecular flexibility index (Phi) is 5.09. The molecule has 4 heteroatoms. The number of rotatable bonds is 4. The molecule has 2 nitrogen and oxygen atoms in total. The van der Waals surface area contributed by atoms with E-state index in [0.717, 1.165) is 33.3 Å². The predicted octanol–water partition coefficient (Wildman–Crippen LogP) is 4.34. The molecule has 108 valence electrons. The predicted molar refractivity (Wildman–Crippen MR) is 85.3 cm³/mol. The van der Waals surface area contributed by atoms with Crippen LogP contribution in [0.2, 0.25) is 0 Å². The SMILES string of the molecule is CC(C)C1CCC(CN)(C(O)c2ccc(Br)s2)CC1. The number of aliphatic hydroxyl groups excluding tert-OH is 1. The van der Waals surface area contributed by atoms with Gasteiger partial charge in [0, 0.05) is 16.8 Å². The van der Waals surface area contributed by atoms with Gasteiger partial charge >= 0.3 is 0 Å². The van der Waals surface area contributed by atoms with Crippen molar-refractivity contribution in [1.29, 1.82) is 0 Å². The Morgan fingerprint density at radius 2 is 2.05 bits per heavy atom. The second-order valence-electron chi connectivity index (χ2n) is 6.19. The zero-order chi connectivity index (χ0) is 14.0. The summed E-state index contributed by atoms with van der Waals surface area (Å²) in [5, 5.41) is 10.7. The summed E-state index contributed by atoms with van der Waals surface area (Å²) in [6.07, 6.45) is 4.06. The molecule has 0 saturated heterocycles. The van der Waals surface area contributed by atoms with Crippen LogP contribution >= 0.6 is 27.3 Å². The maximum absolute atomic E-state index is 10.7. The summed E-state index contributed by atoms with van der Waals surface area (Å²) in [5.74, 6) is 1.53. The van der Waals surface area contributed by atoms with Crippen LogP contribution in [0.3, 0.4) is 0 Å². The van der Waals surface area contributed by atoms with Crippen LogP contribution in [0, 0.1) is 17.3 Å². The van der Waals surface area contributed by atoms with E-state index in [1.807, 2.05) is 12.1 Å². The zero-order valence-corrected chi connectivity index (χ0v) is 14.1. The van der Waals surface area contributed by atoms with E-state index in [-0.39, 0.29) is 5.41 Å². The van der Waals surface area contributed by atoms with E-state index in [0.29, 0.717) is 6.54 Å². The van der Waals surface area contributed by atoms with E-state index in [4.69, 9.17) is 5.73 Å². The highest BCUT2D eigenvalue weighted by molar-refractivity contribution is 9.11. The van der Waals surface area contributed by atoms with E-state index in [2.05, 4.69) is 29.8 Å². The number of aliphatic hydroxyl groups is 1. The molecule has 1 unspecified atom stereocenters. The Bertz CT molecular complexity index is 410. The van der Waals surface area contributed by atoms with E-state index in [9.17, 15) is 5.11 Å². The van der Waals surface area contributed by atoms with E-state index in [1.54, 1.807) is 11.3 Å². The molecular weight excluding hydrogens is 322 g/mol. The highest BCUT2D eigenvalue weighted by Gasteiger charge is 2.41. The topological polar surface area (TPSA) is 46.2 Å². The van der Waals surface area contributed by atoms with Gasteiger partial charge in [0.15, 0.2) is 0 Å². The van der Waals surface area contributed by atoms with Crippen molar-refractivity contribution < 1.29 is 5.11 Å². The van der Waals surface area contributed by atoms with Crippen LogP contribution in [0.5, 0.6) is 0 Å². The molecule has 19 heavy (non-hydrogen) atoms. The van der Waals surface area contributed by atoms with Crippen LogP contribution in [-0.2, 0) is 0 Å². The average molecular weight is 346 g/mol. The van der Waals surface area contributed by atoms with Gasteiger partial charge in [0.25, 0.3) is 0 Å². The summed E-state index contributed by atoms with van der Waals surface area (Å²) in [5.41, 5.74) is 5.92. The lowest BCUT2D eigenvalue weighted by molar-refractivity contribution is -0.0127. The van der Waals surface area contributed by atoms with Crippen LogP contribution in [0.15, 0.2) is 15.9 Å². The van der Waals surface area contributed by atoms with Crippen molar-refractivity contribution in [3.63, 3.8) is 0 Å². The molecule has 1 aliphatic carbocycles. The van der Waals surface area contributed by atoms with Crippen LogP contribution in [0.4, 0.5) is 0 Å². The fourth-order valence-corrected chi connectivity index (χ4v) is 4.80. The lowest BCUT2D eigenvalue weighted by Crippen LogP contribution is -2.40. The monoisotopic (exact) mass is 345 g/mol. The molecule has 3 N–H and O–H groups in total. The minimum atomic E-state index is -0.415. The van der Waals surface area contributed by atoms with Crippen LogP contribution in [0.1, 0.15) is 50.5 Å². The van der Waals surface area contributed by atoms with Gasteiger partial charge in [0.05, 0.1) is 9.89 Å². The van der Waals surface area contributed by atoms with E-state index >= 15 is 0 Å². The summed E-state index contributed by atoms with van der Waals surface area (Å²) in [7, 11) is 0. The second kappa shape index (κ2) is 6.25. The third kappa shape index (κ3) is 3.23. The smallest absolute Gasteiger partial charge is 0.0950 e. The van der Waals surface area contributed by atoms with Crippen molar-refractivity contribution in [2.45, 2.75) is 45.6 Å². The fourth-order valence-electron chi connectivity index (χ4n) is 3.25. The van der Waals surface area contributed by atoms with Crippen molar-refractivity contribution in [1.82, 2.24) is 0 Å². The summed E-state index contributed by atoms with van der Waals surface area (Å²) in [4.78, 5) is 1.04. The van der Waals surface area contributed by atoms with E-state index < -0.39 is 6.10 Å². The number of hydrogen-bond acceptors (Lipinski definition) is 3. The normalized spacial score (nSPS) is 29.7. The molecule has 0 aliphatic heterocycles. The molecule has 0 aromatic carbocycles. The maximum Gasteiger partial charge on any atom is 0.0950 e. The first-order chi connectivity index (χ1) is 8.98. The Morgan fingerprint density at radius 3 is 2.47 bits per heavy atom. The van der Waals surface area contributed by atoms with Crippen molar-refractivity contribution in [3.05, 3.63) is 20.8 Å². The number of halogens is 1. The van der Waals surface area contributed by atoms with Crippen LogP contribution in [-0.4, -0.2) is 11.7 Å². The fraction of sp³-hybridized carbons (Fsp3) is 0.733. The van der Waals surface area contributed by atoms with Crippen molar-refractivity contribution in [3.8, 4) is 0 Å². The summed E-state index contributed by atoms with van der Waals surface area (Å²) < 4.78 is 1.07. The molecule has 1 atom stereocenters. The highest BCUT2D eigenvalue weighted by Crippen LogP contribution is 2.49. The van der Waals surface area contributed by atoms with E-state index in [1.165, 1.54) is 12.8 Å². The van der Waals surface area contributed by atoms with Crippen LogP contribution < -0.4 is 5.73 Å². The molecule has 1 saturated carbocycles. The number of hydrogen-bond donors (Lipinski definition) is 2. The lowest BCUT2D eigenvalue weighted by Gasteiger charge is -2.43. The summed E-state index contributed by atoms with van der Waals surface area (Å²) >= 11 is 5.09. The van der Waals surface area contributed by atoms with Crippen molar-refractivity contribution in [2.24, 2.45) is 23.0 Å². The highest BCUT2D eigenvalue weighted by atomic mass is 79.9. The van der Waals surface area contributed by atoms with Gasteiger partial charge in [0.1, 0.15) is 0 Å². The minimum Gasteiger partial charge on any atom is -0.387 e. The third-order valence-corrected chi connectivity index (χ3v) is 6.49. The lowest BCUT2D eigenvalue weighted by atomic mass is 9.65.